The largest absolute Gasteiger partial charge is 0.355 e. The Morgan fingerprint density at radius 3 is 2.32 bits per heavy atom. The molecule has 0 aliphatic rings. The van der Waals surface area contributed by atoms with Crippen LogP contribution in [-0.2, 0) is 11.2 Å². The number of rotatable bonds is 8. The maximum absolute atomic E-state index is 11.9. The molecule has 0 bridgehead atoms. The van der Waals surface area contributed by atoms with E-state index in [-0.39, 0.29) is 24.5 Å². The summed E-state index contributed by atoms with van der Waals surface area (Å²) in [5.41, 5.74) is 1.89. The number of ketones is 1. The highest BCUT2D eigenvalue weighted by molar-refractivity contribution is 5.97. The summed E-state index contributed by atoms with van der Waals surface area (Å²) in [5, 5.41) is 5.70. The first-order chi connectivity index (χ1) is 9.17. The fraction of sp³-hybridized carbons (Fsp3) is 0.467. The van der Waals surface area contributed by atoms with Crippen molar-refractivity contribution in [3.05, 3.63) is 35.4 Å². The Bertz CT molecular complexity index is 413. The molecule has 0 aliphatic heterocycles. The zero-order valence-corrected chi connectivity index (χ0v) is 11.7. The molecule has 0 aromatic heterocycles. The highest BCUT2D eigenvalue weighted by Crippen LogP contribution is 2.08. The van der Waals surface area contributed by atoms with Crippen molar-refractivity contribution in [3.8, 4) is 0 Å². The number of amides is 1. The minimum Gasteiger partial charge on any atom is -0.355 e. The van der Waals surface area contributed by atoms with Crippen molar-refractivity contribution in [1.29, 1.82) is 0 Å². The lowest BCUT2D eigenvalue weighted by atomic mass is 10.0. The Kier molecular flexibility index (Phi) is 6.82. The molecule has 0 unspecified atom stereocenters. The fourth-order valence-electron chi connectivity index (χ4n) is 1.71. The molecule has 0 spiro atoms. The molecule has 1 aromatic rings. The van der Waals surface area contributed by atoms with Crippen molar-refractivity contribution in [3.63, 3.8) is 0 Å². The summed E-state index contributed by atoms with van der Waals surface area (Å²) in [7, 11) is 1.83. The minimum absolute atomic E-state index is 0.0198. The molecule has 0 saturated carbocycles. The molecule has 0 radical (unpaired) electrons. The van der Waals surface area contributed by atoms with Crippen LogP contribution < -0.4 is 10.6 Å². The van der Waals surface area contributed by atoms with Gasteiger partial charge < -0.3 is 10.6 Å². The Balaban J connectivity index is 2.35. The number of carbonyl (C=O) groups is 2. The summed E-state index contributed by atoms with van der Waals surface area (Å²) in [4.78, 5) is 23.3. The molecule has 4 heteroatoms. The van der Waals surface area contributed by atoms with E-state index in [0.717, 1.165) is 13.0 Å². The Hall–Kier alpha value is -1.68. The average molecular weight is 262 g/mol. The van der Waals surface area contributed by atoms with Crippen molar-refractivity contribution in [2.75, 3.05) is 20.1 Å². The molecule has 1 rings (SSSR count). The van der Waals surface area contributed by atoms with Gasteiger partial charge in [0.1, 0.15) is 0 Å². The lowest BCUT2D eigenvalue weighted by Crippen LogP contribution is -2.30. The van der Waals surface area contributed by atoms with E-state index in [9.17, 15) is 9.59 Å². The molecule has 0 atom stereocenters. The fourth-order valence-corrected chi connectivity index (χ4v) is 1.71. The topological polar surface area (TPSA) is 58.2 Å². The zero-order chi connectivity index (χ0) is 14.1. The standard InChI is InChI=1S/C15H22N2O2/c1-3-12-4-6-13(7-5-12)14(18)8-9-15(19)17-11-10-16-2/h4-7,16H,3,8-11H2,1-2H3,(H,17,19). The van der Waals surface area contributed by atoms with Crippen LogP contribution >= 0.6 is 0 Å². The van der Waals surface area contributed by atoms with Gasteiger partial charge in [-0.1, -0.05) is 31.2 Å². The molecule has 0 aliphatic carbocycles. The van der Waals surface area contributed by atoms with Crippen molar-refractivity contribution < 1.29 is 9.59 Å². The molecule has 1 aromatic carbocycles. The lowest BCUT2D eigenvalue weighted by molar-refractivity contribution is -0.121. The molecule has 0 fully saturated rings. The first-order valence-electron chi connectivity index (χ1n) is 6.70. The third-order valence-electron chi connectivity index (χ3n) is 2.96. The normalized spacial score (nSPS) is 10.2. The van der Waals surface area contributed by atoms with Crippen LogP contribution in [0.1, 0.15) is 35.7 Å². The molecule has 1 amide bonds. The van der Waals surface area contributed by atoms with Gasteiger partial charge in [0.15, 0.2) is 5.78 Å². The molecule has 104 valence electrons. The van der Waals surface area contributed by atoms with Gasteiger partial charge in [0.2, 0.25) is 5.91 Å². The monoisotopic (exact) mass is 262 g/mol. The van der Waals surface area contributed by atoms with E-state index >= 15 is 0 Å². The smallest absolute Gasteiger partial charge is 0.220 e. The number of hydrogen-bond donors (Lipinski definition) is 2. The summed E-state index contributed by atoms with van der Waals surface area (Å²) in [6.45, 7) is 3.40. The summed E-state index contributed by atoms with van der Waals surface area (Å²) in [6, 6.07) is 7.58. The second-order valence-electron chi connectivity index (χ2n) is 4.43. The van der Waals surface area contributed by atoms with Crippen LogP contribution in [-0.4, -0.2) is 31.8 Å². The van der Waals surface area contributed by atoms with Crippen molar-refractivity contribution in [1.82, 2.24) is 10.6 Å². The van der Waals surface area contributed by atoms with E-state index in [0.29, 0.717) is 12.1 Å². The number of hydrogen-bond acceptors (Lipinski definition) is 3. The number of carbonyl (C=O) groups excluding carboxylic acids is 2. The highest BCUT2D eigenvalue weighted by Gasteiger charge is 2.08. The maximum Gasteiger partial charge on any atom is 0.220 e. The second kappa shape index (κ2) is 8.43. The van der Waals surface area contributed by atoms with Crippen LogP contribution in [0.4, 0.5) is 0 Å². The number of nitrogens with one attached hydrogen (secondary N) is 2. The van der Waals surface area contributed by atoms with Gasteiger partial charge in [0.05, 0.1) is 0 Å². The average Bonchev–Trinajstić information content (AvgIpc) is 2.45. The summed E-state index contributed by atoms with van der Waals surface area (Å²) >= 11 is 0. The molecule has 4 nitrogen and oxygen atoms in total. The first-order valence-corrected chi connectivity index (χ1v) is 6.70. The number of Topliss-reactive ketones (excluding diaryl/α,β-unsaturated/α-hetero) is 1. The Labute approximate surface area is 114 Å². The third kappa shape index (κ3) is 5.66. The molecule has 19 heavy (non-hydrogen) atoms. The van der Waals surface area contributed by atoms with Gasteiger partial charge in [-0.25, -0.2) is 0 Å². The van der Waals surface area contributed by atoms with Crippen molar-refractivity contribution in [2.24, 2.45) is 0 Å². The minimum atomic E-state index is -0.0752. The predicted octanol–water partition coefficient (Wildman–Crippen LogP) is 1.55. The van der Waals surface area contributed by atoms with Crippen LogP contribution in [0.25, 0.3) is 0 Å². The molecular weight excluding hydrogens is 240 g/mol. The Morgan fingerprint density at radius 1 is 1.05 bits per heavy atom. The van der Waals surface area contributed by atoms with E-state index in [1.54, 1.807) is 0 Å². The lowest BCUT2D eigenvalue weighted by Gasteiger charge is -2.05. The maximum atomic E-state index is 11.9. The van der Waals surface area contributed by atoms with E-state index in [1.807, 2.05) is 31.3 Å². The number of benzene rings is 1. The molecule has 0 heterocycles. The molecular formula is C15H22N2O2. The van der Waals surface area contributed by atoms with Gasteiger partial charge in [-0.3, -0.25) is 9.59 Å². The van der Waals surface area contributed by atoms with E-state index in [2.05, 4.69) is 17.6 Å². The van der Waals surface area contributed by atoms with Gasteiger partial charge in [-0.2, -0.15) is 0 Å². The number of aryl methyl sites for hydroxylation is 1. The van der Waals surface area contributed by atoms with E-state index in [4.69, 9.17) is 0 Å². The van der Waals surface area contributed by atoms with E-state index < -0.39 is 0 Å². The van der Waals surface area contributed by atoms with Crippen LogP contribution in [0.15, 0.2) is 24.3 Å². The van der Waals surface area contributed by atoms with Gasteiger partial charge in [0, 0.05) is 31.5 Å². The summed E-state index contributed by atoms with van der Waals surface area (Å²) in [6.07, 6.45) is 1.47. The van der Waals surface area contributed by atoms with Crippen LogP contribution in [0.5, 0.6) is 0 Å². The van der Waals surface area contributed by atoms with Gasteiger partial charge in [0.25, 0.3) is 0 Å². The summed E-state index contributed by atoms with van der Waals surface area (Å²) in [5.74, 6) is -0.0554. The Morgan fingerprint density at radius 2 is 1.74 bits per heavy atom. The predicted molar refractivity (Wildman–Crippen MR) is 76.3 cm³/mol. The molecule has 2 N–H and O–H groups in total. The number of likely N-dealkylation sites (N-methyl/N-ethyl adjacent to an activating group) is 1. The van der Waals surface area contributed by atoms with Gasteiger partial charge >= 0.3 is 0 Å². The second-order valence-corrected chi connectivity index (χ2v) is 4.43. The van der Waals surface area contributed by atoms with Crippen LogP contribution in [0.3, 0.4) is 0 Å². The van der Waals surface area contributed by atoms with Crippen LogP contribution in [0.2, 0.25) is 0 Å². The first kappa shape index (κ1) is 15.4. The third-order valence-corrected chi connectivity index (χ3v) is 2.96. The SMILES string of the molecule is CCc1ccc(C(=O)CCC(=O)NCCNC)cc1. The highest BCUT2D eigenvalue weighted by atomic mass is 16.2. The quantitative estimate of drug-likeness (QED) is 0.552. The zero-order valence-electron chi connectivity index (χ0n) is 11.7. The van der Waals surface area contributed by atoms with Gasteiger partial charge in [-0.05, 0) is 19.0 Å². The van der Waals surface area contributed by atoms with Gasteiger partial charge in [-0.15, -0.1) is 0 Å². The van der Waals surface area contributed by atoms with E-state index in [1.165, 1.54) is 5.56 Å². The molecule has 0 saturated heterocycles. The van der Waals surface area contributed by atoms with Crippen molar-refractivity contribution >= 4 is 11.7 Å². The van der Waals surface area contributed by atoms with Crippen molar-refractivity contribution in [2.45, 2.75) is 26.2 Å². The van der Waals surface area contributed by atoms with Crippen LogP contribution in [0, 0.1) is 0 Å². The summed E-state index contributed by atoms with van der Waals surface area (Å²) < 4.78 is 0.